The van der Waals surface area contributed by atoms with Gasteiger partial charge in [-0.25, -0.2) is 0 Å². The normalized spacial score (nSPS) is 13.8. The molecule has 1 aliphatic heterocycles. The van der Waals surface area contributed by atoms with Crippen LogP contribution in [0.2, 0.25) is 5.02 Å². The standard InChI is InChI=1S/C22H23ClN6O3S/c23-18-9-8-17(12-19(18)29(31)32)24-21(30)15-33-22-26-25-20(14-27-10-4-5-11-27)28(22)13-16-6-2-1-3-7-16/h1-3,6-9,12H,4-5,10-11,13-15H2,(H,24,30). The van der Waals surface area contributed by atoms with E-state index in [2.05, 4.69) is 25.0 Å². The van der Waals surface area contributed by atoms with E-state index >= 15 is 0 Å². The monoisotopic (exact) mass is 486 g/mol. The zero-order chi connectivity index (χ0) is 23.2. The van der Waals surface area contributed by atoms with Crippen LogP contribution in [0.5, 0.6) is 0 Å². The van der Waals surface area contributed by atoms with Gasteiger partial charge in [0.25, 0.3) is 5.69 Å². The Bertz CT molecular complexity index is 1130. The number of nitro groups is 1. The van der Waals surface area contributed by atoms with Crippen molar-refractivity contribution in [1.82, 2.24) is 19.7 Å². The molecule has 0 radical (unpaired) electrons. The minimum atomic E-state index is -0.583. The number of hydrogen-bond acceptors (Lipinski definition) is 7. The number of carbonyl (C=O) groups excluding carboxylic acids is 1. The van der Waals surface area contributed by atoms with Gasteiger partial charge in [-0.1, -0.05) is 53.7 Å². The van der Waals surface area contributed by atoms with Crippen LogP contribution >= 0.6 is 23.4 Å². The van der Waals surface area contributed by atoms with Crippen molar-refractivity contribution in [3.63, 3.8) is 0 Å². The molecule has 0 atom stereocenters. The summed E-state index contributed by atoms with van der Waals surface area (Å²) in [4.78, 5) is 25.4. The predicted octanol–water partition coefficient (Wildman–Crippen LogP) is 4.21. The number of rotatable bonds is 9. The molecule has 4 rings (SSSR count). The molecule has 1 saturated heterocycles. The van der Waals surface area contributed by atoms with E-state index < -0.39 is 4.92 Å². The Balaban J connectivity index is 1.45. The molecule has 0 spiro atoms. The number of hydrogen-bond donors (Lipinski definition) is 1. The molecule has 1 fully saturated rings. The predicted molar refractivity (Wildman–Crippen MR) is 128 cm³/mol. The third kappa shape index (κ3) is 6.10. The first kappa shape index (κ1) is 23.2. The summed E-state index contributed by atoms with van der Waals surface area (Å²) in [6.07, 6.45) is 2.38. The summed E-state index contributed by atoms with van der Waals surface area (Å²) in [7, 11) is 0. The minimum absolute atomic E-state index is 0.0203. The van der Waals surface area contributed by atoms with Crippen molar-refractivity contribution in [3.05, 3.63) is 75.1 Å². The number of benzene rings is 2. The van der Waals surface area contributed by atoms with E-state index in [1.54, 1.807) is 0 Å². The largest absolute Gasteiger partial charge is 0.325 e. The molecule has 0 saturated carbocycles. The van der Waals surface area contributed by atoms with Crippen LogP contribution in [-0.4, -0.2) is 49.3 Å². The molecule has 1 aromatic heterocycles. The maximum Gasteiger partial charge on any atom is 0.289 e. The number of aromatic nitrogens is 3. The van der Waals surface area contributed by atoms with E-state index in [4.69, 9.17) is 11.6 Å². The maximum absolute atomic E-state index is 12.5. The van der Waals surface area contributed by atoms with E-state index in [9.17, 15) is 14.9 Å². The molecule has 3 aromatic rings. The molecule has 1 N–H and O–H groups in total. The second-order valence-corrected chi connectivity index (χ2v) is 9.06. The van der Waals surface area contributed by atoms with Gasteiger partial charge >= 0.3 is 0 Å². The lowest BCUT2D eigenvalue weighted by molar-refractivity contribution is -0.384. The lowest BCUT2D eigenvalue weighted by atomic mass is 10.2. The summed E-state index contributed by atoms with van der Waals surface area (Å²) in [6, 6.07) is 14.2. The summed E-state index contributed by atoms with van der Waals surface area (Å²) in [5, 5.41) is 23.2. The van der Waals surface area contributed by atoms with Gasteiger partial charge in [-0.3, -0.25) is 19.8 Å². The van der Waals surface area contributed by atoms with Crippen LogP contribution in [0.25, 0.3) is 0 Å². The highest BCUT2D eigenvalue weighted by molar-refractivity contribution is 7.99. The Labute approximate surface area is 200 Å². The third-order valence-corrected chi connectivity index (χ3v) is 6.59. The summed E-state index contributed by atoms with van der Waals surface area (Å²) >= 11 is 7.12. The molecule has 0 bridgehead atoms. The highest BCUT2D eigenvalue weighted by Crippen LogP contribution is 2.28. The summed E-state index contributed by atoms with van der Waals surface area (Å²) < 4.78 is 2.05. The molecule has 0 unspecified atom stereocenters. The number of nitrogens with one attached hydrogen (secondary N) is 1. The molecular weight excluding hydrogens is 464 g/mol. The molecule has 11 heteroatoms. The van der Waals surface area contributed by atoms with Crippen molar-refractivity contribution in [2.24, 2.45) is 0 Å². The van der Waals surface area contributed by atoms with Crippen molar-refractivity contribution in [3.8, 4) is 0 Å². The Kier molecular flexibility index (Phi) is 7.58. The van der Waals surface area contributed by atoms with Gasteiger partial charge in [0.1, 0.15) is 10.8 Å². The van der Waals surface area contributed by atoms with Gasteiger partial charge in [-0.15, -0.1) is 10.2 Å². The first-order valence-electron chi connectivity index (χ1n) is 10.5. The SMILES string of the molecule is O=C(CSc1nnc(CN2CCCC2)n1Cc1ccccc1)Nc1ccc(Cl)c([N+](=O)[O-])c1. The van der Waals surface area contributed by atoms with Crippen molar-refractivity contribution in [1.29, 1.82) is 0 Å². The van der Waals surface area contributed by atoms with E-state index in [1.807, 2.05) is 30.3 Å². The second kappa shape index (κ2) is 10.8. The lowest BCUT2D eigenvalue weighted by Crippen LogP contribution is -2.22. The number of amides is 1. The number of halogens is 1. The first-order valence-corrected chi connectivity index (χ1v) is 11.9. The fraction of sp³-hybridized carbons (Fsp3) is 0.318. The zero-order valence-corrected chi connectivity index (χ0v) is 19.4. The fourth-order valence-corrected chi connectivity index (χ4v) is 4.61. The highest BCUT2D eigenvalue weighted by atomic mass is 35.5. The molecular formula is C22H23ClN6O3S. The van der Waals surface area contributed by atoms with Crippen LogP contribution in [0.15, 0.2) is 53.7 Å². The summed E-state index contributed by atoms with van der Waals surface area (Å²) in [5.41, 5.74) is 1.19. The van der Waals surface area contributed by atoms with Gasteiger partial charge < -0.3 is 9.88 Å². The van der Waals surface area contributed by atoms with Crippen LogP contribution < -0.4 is 5.32 Å². The molecule has 9 nitrogen and oxygen atoms in total. The Hall–Kier alpha value is -2.95. The summed E-state index contributed by atoms with van der Waals surface area (Å²) in [5.74, 6) is 0.663. The van der Waals surface area contributed by atoms with E-state index in [0.29, 0.717) is 17.4 Å². The van der Waals surface area contributed by atoms with Crippen molar-refractivity contribution < 1.29 is 9.72 Å². The number of nitrogens with zero attached hydrogens (tertiary/aromatic N) is 5. The van der Waals surface area contributed by atoms with Gasteiger partial charge in [0.15, 0.2) is 5.16 Å². The van der Waals surface area contributed by atoms with Gasteiger partial charge in [0, 0.05) is 11.8 Å². The van der Waals surface area contributed by atoms with Gasteiger partial charge in [-0.05, 0) is 43.6 Å². The van der Waals surface area contributed by atoms with Crippen LogP contribution in [-0.2, 0) is 17.9 Å². The Morgan fingerprint density at radius 2 is 1.88 bits per heavy atom. The van der Waals surface area contributed by atoms with Crippen molar-refractivity contribution >= 4 is 40.6 Å². The summed E-state index contributed by atoms with van der Waals surface area (Å²) in [6.45, 7) is 3.44. The molecule has 33 heavy (non-hydrogen) atoms. The smallest absolute Gasteiger partial charge is 0.289 e. The molecule has 0 aliphatic carbocycles. The molecule has 2 heterocycles. The van der Waals surface area contributed by atoms with Crippen LogP contribution in [0.1, 0.15) is 24.2 Å². The molecule has 1 aliphatic rings. The fourth-order valence-electron chi connectivity index (χ4n) is 3.67. The topological polar surface area (TPSA) is 106 Å². The molecule has 172 valence electrons. The third-order valence-electron chi connectivity index (χ3n) is 5.30. The van der Waals surface area contributed by atoms with Crippen LogP contribution in [0.3, 0.4) is 0 Å². The number of nitro benzene ring substituents is 1. The van der Waals surface area contributed by atoms with Crippen molar-refractivity contribution in [2.75, 3.05) is 24.2 Å². The quantitative estimate of drug-likeness (QED) is 0.274. The van der Waals surface area contributed by atoms with E-state index in [0.717, 1.165) is 31.0 Å². The number of thioether (sulfide) groups is 1. The zero-order valence-electron chi connectivity index (χ0n) is 17.8. The Morgan fingerprint density at radius 3 is 2.61 bits per heavy atom. The lowest BCUT2D eigenvalue weighted by Gasteiger charge is -2.16. The average molecular weight is 487 g/mol. The average Bonchev–Trinajstić information content (AvgIpc) is 3.45. The maximum atomic E-state index is 12.5. The van der Waals surface area contributed by atoms with Gasteiger partial charge in [0.05, 0.1) is 23.8 Å². The second-order valence-electron chi connectivity index (χ2n) is 7.71. The van der Waals surface area contributed by atoms with Gasteiger partial charge in [0.2, 0.25) is 5.91 Å². The first-order chi connectivity index (χ1) is 16.0. The van der Waals surface area contributed by atoms with E-state index in [-0.39, 0.29) is 22.4 Å². The van der Waals surface area contributed by atoms with Gasteiger partial charge in [-0.2, -0.15) is 0 Å². The number of likely N-dealkylation sites (tertiary alicyclic amines) is 1. The van der Waals surface area contributed by atoms with Crippen LogP contribution in [0.4, 0.5) is 11.4 Å². The molecule has 2 aromatic carbocycles. The number of carbonyl (C=O) groups is 1. The minimum Gasteiger partial charge on any atom is -0.325 e. The molecule has 1 amide bonds. The highest BCUT2D eigenvalue weighted by Gasteiger charge is 2.20. The Morgan fingerprint density at radius 1 is 1.12 bits per heavy atom. The van der Waals surface area contributed by atoms with Crippen molar-refractivity contribution in [2.45, 2.75) is 31.1 Å². The number of anilines is 1. The van der Waals surface area contributed by atoms with E-state index in [1.165, 1.54) is 42.8 Å². The van der Waals surface area contributed by atoms with Crippen LogP contribution in [0, 0.1) is 10.1 Å².